The van der Waals surface area contributed by atoms with Crippen molar-refractivity contribution in [2.45, 2.75) is 182 Å². The molecule has 10 aromatic rings. The van der Waals surface area contributed by atoms with Gasteiger partial charge in [-0.3, -0.25) is 46.8 Å². The predicted molar refractivity (Wildman–Crippen MR) is 499 cm³/mol. The Balaban J connectivity index is 0.000000151. The van der Waals surface area contributed by atoms with Crippen molar-refractivity contribution in [2.24, 2.45) is 7.05 Å². The molecule has 47 heteroatoms. The van der Waals surface area contributed by atoms with Crippen molar-refractivity contribution in [1.82, 2.24) is 97.2 Å². The summed E-state index contributed by atoms with van der Waals surface area (Å²) in [4.78, 5) is 91.8. The summed E-state index contributed by atoms with van der Waals surface area (Å²) >= 11 is 10.4. The van der Waals surface area contributed by atoms with E-state index >= 15 is 0 Å². The van der Waals surface area contributed by atoms with Crippen molar-refractivity contribution in [3.8, 4) is 0 Å². The number of nitrogen functional groups attached to an aromatic ring is 1. The third-order valence-corrected chi connectivity index (χ3v) is 29.7. The van der Waals surface area contributed by atoms with Crippen molar-refractivity contribution < 1.29 is 74.7 Å². The highest BCUT2D eigenvalue weighted by molar-refractivity contribution is 7.73. The van der Waals surface area contributed by atoms with Crippen LogP contribution in [0, 0.1) is 37.0 Å². The summed E-state index contributed by atoms with van der Waals surface area (Å²) in [5, 5.41) is 104. The second-order valence-corrected chi connectivity index (χ2v) is 58.4. The van der Waals surface area contributed by atoms with Gasteiger partial charge in [-0.05, 0) is 157 Å². The number of aryl methyl sites for hydroxylation is 4. The average molecular weight is 1860 g/mol. The molecule has 0 bridgehead atoms. The summed E-state index contributed by atoms with van der Waals surface area (Å²) in [6, 6.07) is 0. The number of H-pyrrole nitrogens is 4. The maximum Gasteiger partial charge on any atom is 0.281 e. The van der Waals surface area contributed by atoms with Crippen LogP contribution in [0.1, 0.15) is 86.5 Å². The van der Waals surface area contributed by atoms with Gasteiger partial charge in [0, 0.05) is 21.1 Å². The highest BCUT2D eigenvalue weighted by Gasteiger charge is 2.49. The number of aromatic amines is 4. The van der Waals surface area contributed by atoms with Gasteiger partial charge in [-0.1, -0.05) is 24.4 Å². The Bertz CT molecular complexity index is 5970. The van der Waals surface area contributed by atoms with E-state index in [4.69, 9.17) is 53.9 Å². The van der Waals surface area contributed by atoms with E-state index in [-0.39, 0.29) is 39.3 Å². The zero-order valence-corrected chi connectivity index (χ0v) is 79.0. The maximum atomic E-state index is 12.3. The fourth-order valence-electron chi connectivity index (χ4n) is 14.8. The topological polar surface area (TPSA) is 551 Å². The van der Waals surface area contributed by atoms with E-state index in [1.165, 1.54) is 30.9 Å². The third-order valence-electron chi connectivity index (χ3n) is 21.8. The quantitative estimate of drug-likeness (QED) is 0.0363. The van der Waals surface area contributed by atoms with Gasteiger partial charge < -0.3 is 100 Å². The second kappa shape index (κ2) is 38.4. The van der Waals surface area contributed by atoms with Gasteiger partial charge in [-0.15, -0.1) is 65.9 Å². The van der Waals surface area contributed by atoms with Crippen molar-refractivity contribution in [3.05, 3.63) is 88.9 Å². The van der Waals surface area contributed by atoms with Crippen LogP contribution in [-0.2, 0) is 30.7 Å². The van der Waals surface area contributed by atoms with Crippen molar-refractivity contribution in [3.63, 3.8) is 0 Å². The van der Waals surface area contributed by atoms with Crippen LogP contribution in [0.5, 0.6) is 0 Å². The minimum atomic E-state index is -1.28. The van der Waals surface area contributed by atoms with Gasteiger partial charge in [0.05, 0.1) is 55.8 Å². The summed E-state index contributed by atoms with van der Waals surface area (Å²) in [5.41, 5.74) is 8.58. The number of ether oxygens (including phenoxy) is 5. The molecule has 124 heavy (non-hydrogen) atoms. The number of nitrogens with zero attached hydrogens (tertiary/aromatic N) is 17. The molecule has 5 unspecified atom stereocenters. The molecule has 5 fully saturated rings. The Hall–Kier alpha value is -6.91. The van der Waals surface area contributed by atoms with E-state index in [1.807, 2.05) is 0 Å². The SMILES string of the molecule is C=P(C)(C)CC[C@H]1OC(n2c(N)nc3c(=O)[nH]c(C)nc32)[C@H](O)[C@@H]1O.C=P(C)(C)CC[C@H]1OC(n2cnc3c(=O)[nH]c(N(C)C)nc32)[C@H](O)[C@@H]1O.C=P(C)(C)CC[C@H]1OC(n2cnc3c(=O)n(C)c(C)nc32)[C@H](O)[C@@H]1O.C=P(C)(C)CC[C@H]1OC(n2cnc3c(=S)nc(C)[nH]c32)[C@H](O)[C@@H]1O.C=P(C)(C)CC[C@H]1OC(n2cnc3c(=S)nc(C)[nH]c32)[C@H](O)[C@@H]1O. The van der Waals surface area contributed by atoms with Crippen LogP contribution in [0.2, 0.25) is 0 Å². The largest absolute Gasteiger partial charge is 0.388 e. The monoisotopic (exact) mass is 1860 g/mol. The molecule has 40 nitrogen and oxygen atoms in total. The van der Waals surface area contributed by atoms with Gasteiger partial charge in [0.2, 0.25) is 11.9 Å². The molecule has 0 radical (unpaired) electrons. The molecule has 0 aromatic carbocycles. The number of nitrogens with two attached hydrogens (primary N) is 1. The zero-order valence-electron chi connectivity index (χ0n) is 72.9. The molecule has 0 saturated carbocycles. The van der Waals surface area contributed by atoms with E-state index in [0.29, 0.717) is 104 Å². The van der Waals surface area contributed by atoms with Crippen molar-refractivity contribution in [2.75, 3.05) is 122 Å². The van der Waals surface area contributed by atoms with Crippen LogP contribution in [0.15, 0.2) is 39.7 Å². The summed E-state index contributed by atoms with van der Waals surface area (Å²) < 4.78 is 39.6. The summed E-state index contributed by atoms with van der Waals surface area (Å²) in [6.07, 6.45) is 17.4. The van der Waals surface area contributed by atoms with Gasteiger partial charge in [0.15, 0.2) is 73.9 Å². The Morgan fingerprint density at radius 3 is 1.07 bits per heavy atom. The number of fused-ring (bicyclic) bond motifs is 5. The van der Waals surface area contributed by atoms with Crippen LogP contribution < -0.4 is 27.3 Å². The van der Waals surface area contributed by atoms with Crippen LogP contribution in [-0.4, -0.2) is 383 Å². The Kier molecular flexibility index (Phi) is 30.3. The number of nitrogens with one attached hydrogen (secondary N) is 4. The standard InChI is InChI=1S/C16H26N5O4P.C16H25N4O4P.C15H24N5O4P.2C15H23N4O3PS/c1-20(2)16-18-13-10(14(24)19-16)17-8-21(13)15-12(23)11(22)9(25-15)6-7-26(3,4)5;1-9-18-14-11(15(23)19(9)2)17-8-20(14)16-13(22)12(21)10(24-16)6-7-25(3,4)5;1-7-17-12-9(13(23)18-7)19-15(16)20(12)14-11(22)10(21)8(24-14)5-6-25(2,3)4;2*1-8-17-13-10(14(24)18-8)16-7-19(13)15-12(21)11(20)9(22-15)5-6-23(2,3)4/h8-9,11-12,15,22-23H,3,6-7H2,1-2,4-5H3,(H,18,19,24);8,10,12-13,16,21-22H,3,6-7H2,1-2,4-5H3;8,10-11,14,21-22H,2,5-6H2,1,3-4H3,(H2,16,19)(H,17,18,23);2*7,9,11-12,15,20-21H,2,5-6H2,1,3-4H3,(H,17,18,24)/t9-,11-,12-,15?;10-,12-,13-,16?;8-,10-,11-,14?;2*9-,11-,12-,15?/m11111/s1. The zero-order chi connectivity index (χ0) is 91.5. The molecular weight excluding hydrogens is 1740 g/mol. The van der Waals surface area contributed by atoms with Crippen LogP contribution >= 0.6 is 58.9 Å². The van der Waals surface area contributed by atoms with Gasteiger partial charge >= 0.3 is 0 Å². The minimum absolute atomic E-state index is 0.000452. The fraction of sp³-hybridized carbons (Fsp3) is 0.610. The number of hydrogen-bond donors (Lipinski definition) is 15. The number of hydrogen-bond acceptors (Lipinski definition) is 32. The van der Waals surface area contributed by atoms with Crippen LogP contribution in [0.25, 0.3) is 55.8 Å². The molecule has 5 saturated heterocycles. The molecule has 15 rings (SSSR count). The lowest BCUT2D eigenvalue weighted by Gasteiger charge is -2.19. The maximum absolute atomic E-state index is 12.3. The molecule has 0 spiro atoms. The molecule has 684 valence electrons. The van der Waals surface area contributed by atoms with Gasteiger partial charge in [0.1, 0.15) is 107 Å². The van der Waals surface area contributed by atoms with Crippen LogP contribution in [0.4, 0.5) is 11.9 Å². The normalized spacial score (nSPS) is 27.3. The van der Waals surface area contributed by atoms with E-state index < -0.39 is 163 Å². The molecule has 20 atom stereocenters. The lowest BCUT2D eigenvalue weighted by molar-refractivity contribution is -0.0353. The fourth-order valence-corrected chi connectivity index (χ4v) is 20.2. The number of aromatic nitrogens is 20. The Morgan fingerprint density at radius 2 is 0.710 bits per heavy atom. The lowest BCUT2D eigenvalue weighted by atomic mass is 10.1. The Labute approximate surface area is 726 Å². The summed E-state index contributed by atoms with van der Waals surface area (Å²) in [7, 11) is 5.15. The van der Waals surface area contributed by atoms with Crippen molar-refractivity contribution in [1.29, 1.82) is 0 Å². The van der Waals surface area contributed by atoms with E-state index in [0.717, 1.165) is 30.8 Å². The summed E-state index contributed by atoms with van der Waals surface area (Å²) in [5.74, 6) is 2.61. The molecule has 0 aliphatic carbocycles. The highest BCUT2D eigenvalue weighted by Crippen LogP contribution is 2.46. The first kappa shape index (κ1) is 97.7. The molecule has 5 aliphatic rings. The number of aliphatic hydroxyl groups excluding tert-OH is 10. The Morgan fingerprint density at radius 1 is 0.403 bits per heavy atom. The molecule has 5 aliphatic heterocycles. The first-order valence-corrected chi connectivity index (χ1v) is 56.3. The molecule has 0 amide bonds. The third kappa shape index (κ3) is 22.3. The number of imidazole rings is 5. The van der Waals surface area contributed by atoms with Gasteiger partial charge in [-0.25, -0.2) is 44.9 Å². The molecule has 10 aromatic heterocycles. The number of aliphatic hydroxyl groups is 10. The predicted octanol–water partition coefficient (Wildman–Crippen LogP) is 2.82. The highest BCUT2D eigenvalue weighted by atomic mass is 32.1. The minimum Gasteiger partial charge on any atom is -0.388 e. The van der Waals surface area contributed by atoms with E-state index in [2.05, 4.69) is 168 Å². The average Bonchev–Trinajstić information content (AvgIpc) is 1.58. The number of anilines is 2. The smallest absolute Gasteiger partial charge is 0.281 e. The first-order valence-electron chi connectivity index (χ1n) is 40.2. The number of rotatable bonds is 21. The van der Waals surface area contributed by atoms with E-state index in [1.54, 1.807) is 75.5 Å². The first-order chi connectivity index (χ1) is 57.6. The summed E-state index contributed by atoms with van der Waals surface area (Å²) in [6.45, 7) is 22.0. The van der Waals surface area contributed by atoms with Crippen molar-refractivity contribution >= 4 is 158 Å². The molecular formula is C77H121N22O18P5S2. The van der Waals surface area contributed by atoms with Gasteiger partial charge in [-0.2, -0.15) is 4.98 Å². The van der Waals surface area contributed by atoms with E-state index in [9.17, 15) is 65.4 Å². The second-order valence-electron chi connectivity index (χ2n) is 36.0. The lowest BCUT2D eigenvalue weighted by Crippen LogP contribution is -2.32. The molecule has 16 N–H and O–H groups in total. The van der Waals surface area contributed by atoms with Crippen LogP contribution in [0.3, 0.4) is 0 Å². The van der Waals surface area contributed by atoms with Gasteiger partial charge in [0.25, 0.3) is 16.7 Å². The molecule has 15 heterocycles.